The largest absolute Gasteiger partial charge is 0.475 e. The molecule has 0 aromatic carbocycles. The van der Waals surface area contributed by atoms with Crippen molar-refractivity contribution >= 4 is 0 Å². The number of hydrogen-bond acceptors (Lipinski definition) is 3. The van der Waals surface area contributed by atoms with E-state index in [9.17, 15) is 0 Å². The lowest BCUT2D eigenvalue weighted by atomic mass is 10.3. The summed E-state index contributed by atoms with van der Waals surface area (Å²) >= 11 is 0. The fraction of sp³-hybridized carbons (Fsp3) is 0.400. The van der Waals surface area contributed by atoms with Gasteiger partial charge in [-0.1, -0.05) is 6.92 Å². The average molecular weight is 176 g/mol. The molecule has 1 aromatic heterocycles. The lowest BCUT2D eigenvalue weighted by Gasteiger charge is -2.10. The van der Waals surface area contributed by atoms with Crippen LogP contribution in [0, 0.1) is 11.3 Å². The molecule has 1 rings (SSSR count). The Morgan fingerprint density at radius 2 is 2.46 bits per heavy atom. The highest BCUT2D eigenvalue weighted by Gasteiger charge is 2.02. The Morgan fingerprint density at radius 1 is 1.69 bits per heavy atom. The van der Waals surface area contributed by atoms with Crippen molar-refractivity contribution in [3.05, 3.63) is 23.9 Å². The molecule has 1 atom stereocenters. The summed E-state index contributed by atoms with van der Waals surface area (Å²) in [5, 5.41) is 8.62. The standard InChI is InChI=1S/C10H12N2O/c1-3-8(2)13-10-6-9(7-11)4-5-12-10/h4-6,8H,3H2,1-2H3. The molecule has 0 bridgehead atoms. The Hall–Kier alpha value is -1.56. The van der Waals surface area contributed by atoms with Gasteiger partial charge >= 0.3 is 0 Å². The van der Waals surface area contributed by atoms with Gasteiger partial charge in [-0.25, -0.2) is 4.98 Å². The Kier molecular flexibility index (Phi) is 3.27. The van der Waals surface area contributed by atoms with Crippen LogP contribution in [0.25, 0.3) is 0 Å². The maximum atomic E-state index is 8.62. The van der Waals surface area contributed by atoms with Gasteiger partial charge in [0.05, 0.1) is 17.7 Å². The lowest BCUT2D eigenvalue weighted by Crippen LogP contribution is -2.10. The summed E-state index contributed by atoms with van der Waals surface area (Å²) in [5.74, 6) is 0.522. The molecule has 0 fully saturated rings. The van der Waals surface area contributed by atoms with Gasteiger partial charge in [-0.15, -0.1) is 0 Å². The van der Waals surface area contributed by atoms with E-state index in [4.69, 9.17) is 10.00 Å². The van der Waals surface area contributed by atoms with Crippen LogP contribution in [0.3, 0.4) is 0 Å². The Labute approximate surface area is 78.0 Å². The zero-order chi connectivity index (χ0) is 9.68. The molecule has 0 amide bonds. The number of rotatable bonds is 3. The van der Waals surface area contributed by atoms with Crippen LogP contribution in [-0.2, 0) is 0 Å². The fourth-order valence-electron chi connectivity index (χ4n) is 0.833. The molecule has 68 valence electrons. The van der Waals surface area contributed by atoms with Crippen molar-refractivity contribution in [2.75, 3.05) is 0 Å². The van der Waals surface area contributed by atoms with Crippen LogP contribution in [0.4, 0.5) is 0 Å². The number of hydrogen-bond donors (Lipinski definition) is 0. The van der Waals surface area contributed by atoms with E-state index in [2.05, 4.69) is 4.98 Å². The highest BCUT2D eigenvalue weighted by atomic mass is 16.5. The van der Waals surface area contributed by atoms with Crippen molar-refractivity contribution < 1.29 is 4.74 Å². The lowest BCUT2D eigenvalue weighted by molar-refractivity contribution is 0.208. The van der Waals surface area contributed by atoms with Gasteiger partial charge in [0.15, 0.2) is 0 Å². The van der Waals surface area contributed by atoms with E-state index in [1.807, 2.05) is 19.9 Å². The van der Waals surface area contributed by atoms with E-state index in [0.29, 0.717) is 11.4 Å². The molecular weight excluding hydrogens is 164 g/mol. The number of pyridine rings is 1. The van der Waals surface area contributed by atoms with Crippen LogP contribution < -0.4 is 4.74 Å². The van der Waals surface area contributed by atoms with Crippen LogP contribution in [0.1, 0.15) is 25.8 Å². The Morgan fingerprint density at radius 3 is 3.08 bits per heavy atom. The second kappa shape index (κ2) is 4.46. The molecule has 0 saturated carbocycles. The zero-order valence-corrected chi connectivity index (χ0v) is 7.82. The summed E-state index contributed by atoms with van der Waals surface area (Å²) in [5.41, 5.74) is 0.577. The Bertz CT molecular complexity index is 317. The predicted molar refractivity (Wildman–Crippen MR) is 49.3 cm³/mol. The molecular formula is C10H12N2O. The zero-order valence-electron chi connectivity index (χ0n) is 7.82. The molecule has 0 aliphatic carbocycles. The van der Waals surface area contributed by atoms with Crippen molar-refractivity contribution in [1.82, 2.24) is 4.98 Å². The van der Waals surface area contributed by atoms with Crippen LogP contribution in [0.2, 0.25) is 0 Å². The van der Waals surface area contributed by atoms with E-state index in [0.717, 1.165) is 6.42 Å². The third-order valence-electron chi connectivity index (χ3n) is 1.76. The SMILES string of the molecule is CCC(C)Oc1cc(C#N)ccn1. The summed E-state index contributed by atoms with van der Waals surface area (Å²) in [6.07, 6.45) is 2.65. The second-order valence-corrected chi connectivity index (χ2v) is 2.83. The molecule has 0 aliphatic rings. The van der Waals surface area contributed by atoms with E-state index < -0.39 is 0 Å². The number of nitriles is 1. The topological polar surface area (TPSA) is 45.9 Å². The van der Waals surface area contributed by atoms with Gasteiger partial charge in [0.2, 0.25) is 5.88 Å². The molecule has 0 radical (unpaired) electrons. The van der Waals surface area contributed by atoms with E-state index in [-0.39, 0.29) is 6.10 Å². The number of nitrogens with zero attached hydrogens (tertiary/aromatic N) is 2. The average Bonchev–Trinajstić information content (AvgIpc) is 2.18. The normalized spacial score (nSPS) is 11.8. The molecule has 0 saturated heterocycles. The molecule has 0 aliphatic heterocycles. The summed E-state index contributed by atoms with van der Waals surface area (Å²) in [6, 6.07) is 5.34. The van der Waals surface area contributed by atoms with E-state index in [1.165, 1.54) is 0 Å². The third-order valence-corrected chi connectivity index (χ3v) is 1.76. The van der Waals surface area contributed by atoms with Crippen LogP contribution in [-0.4, -0.2) is 11.1 Å². The quantitative estimate of drug-likeness (QED) is 0.708. The van der Waals surface area contributed by atoms with E-state index in [1.54, 1.807) is 18.3 Å². The smallest absolute Gasteiger partial charge is 0.214 e. The van der Waals surface area contributed by atoms with Crippen molar-refractivity contribution in [2.45, 2.75) is 26.4 Å². The number of aromatic nitrogens is 1. The van der Waals surface area contributed by atoms with Gasteiger partial charge < -0.3 is 4.74 Å². The molecule has 1 heterocycles. The summed E-state index contributed by atoms with van der Waals surface area (Å²) in [6.45, 7) is 4.01. The summed E-state index contributed by atoms with van der Waals surface area (Å²) < 4.78 is 5.44. The summed E-state index contributed by atoms with van der Waals surface area (Å²) in [7, 11) is 0. The van der Waals surface area contributed by atoms with Crippen LogP contribution in [0.5, 0.6) is 5.88 Å². The molecule has 1 unspecified atom stereocenters. The van der Waals surface area contributed by atoms with Gasteiger partial charge in [0.25, 0.3) is 0 Å². The molecule has 0 N–H and O–H groups in total. The first-order chi connectivity index (χ1) is 6.26. The summed E-state index contributed by atoms with van der Waals surface area (Å²) in [4.78, 5) is 4.00. The van der Waals surface area contributed by atoms with Crippen LogP contribution in [0.15, 0.2) is 18.3 Å². The molecule has 13 heavy (non-hydrogen) atoms. The monoisotopic (exact) mass is 176 g/mol. The maximum absolute atomic E-state index is 8.62. The van der Waals surface area contributed by atoms with Gasteiger partial charge in [-0.3, -0.25) is 0 Å². The highest BCUT2D eigenvalue weighted by molar-refractivity contribution is 5.31. The van der Waals surface area contributed by atoms with Crippen molar-refractivity contribution in [3.63, 3.8) is 0 Å². The molecule has 3 heteroatoms. The molecule has 0 spiro atoms. The first-order valence-electron chi connectivity index (χ1n) is 4.29. The highest BCUT2D eigenvalue weighted by Crippen LogP contribution is 2.11. The van der Waals surface area contributed by atoms with Gasteiger partial charge in [0.1, 0.15) is 0 Å². The second-order valence-electron chi connectivity index (χ2n) is 2.83. The number of ether oxygens (including phenoxy) is 1. The molecule has 1 aromatic rings. The minimum atomic E-state index is 0.140. The predicted octanol–water partition coefficient (Wildman–Crippen LogP) is 2.13. The van der Waals surface area contributed by atoms with Gasteiger partial charge in [-0.05, 0) is 19.4 Å². The van der Waals surface area contributed by atoms with Crippen molar-refractivity contribution in [2.24, 2.45) is 0 Å². The van der Waals surface area contributed by atoms with E-state index >= 15 is 0 Å². The third kappa shape index (κ3) is 2.75. The van der Waals surface area contributed by atoms with Gasteiger partial charge in [0, 0.05) is 12.3 Å². The Balaban J connectivity index is 2.73. The minimum absolute atomic E-state index is 0.140. The first kappa shape index (κ1) is 9.53. The fourth-order valence-corrected chi connectivity index (χ4v) is 0.833. The molecule has 3 nitrogen and oxygen atoms in total. The first-order valence-corrected chi connectivity index (χ1v) is 4.29. The maximum Gasteiger partial charge on any atom is 0.214 e. The van der Waals surface area contributed by atoms with Gasteiger partial charge in [-0.2, -0.15) is 5.26 Å². The van der Waals surface area contributed by atoms with Crippen molar-refractivity contribution in [3.8, 4) is 11.9 Å². The van der Waals surface area contributed by atoms with Crippen molar-refractivity contribution in [1.29, 1.82) is 5.26 Å². The minimum Gasteiger partial charge on any atom is -0.475 e. The van der Waals surface area contributed by atoms with Crippen LogP contribution >= 0.6 is 0 Å².